The Labute approximate surface area is 192 Å². The Morgan fingerprint density at radius 2 is 1.72 bits per heavy atom. The maximum absolute atomic E-state index is 12.3. The summed E-state index contributed by atoms with van der Waals surface area (Å²) in [5.74, 6) is 0.715. The van der Waals surface area contributed by atoms with Gasteiger partial charge in [0.25, 0.3) is 0 Å². The lowest BCUT2D eigenvalue weighted by molar-refractivity contribution is -0.136. The van der Waals surface area contributed by atoms with Crippen LogP contribution in [0, 0.1) is 25.2 Å². The second kappa shape index (κ2) is 10.5. The SMILES string of the molecule is COc1cc(/C=C(\C#N)c2ccc(Cl)cc2)ccc1OC(=O)COc1ccc(C)cc1C. The number of carbonyl (C=O) groups is 1. The maximum Gasteiger partial charge on any atom is 0.349 e. The molecule has 3 aromatic rings. The van der Waals surface area contributed by atoms with Gasteiger partial charge in [-0.3, -0.25) is 0 Å². The highest BCUT2D eigenvalue weighted by Gasteiger charge is 2.13. The summed E-state index contributed by atoms with van der Waals surface area (Å²) >= 11 is 5.92. The number of rotatable bonds is 7. The van der Waals surface area contributed by atoms with Crippen LogP contribution >= 0.6 is 11.6 Å². The van der Waals surface area contributed by atoms with E-state index in [9.17, 15) is 10.1 Å². The van der Waals surface area contributed by atoms with Crippen LogP contribution in [-0.4, -0.2) is 19.7 Å². The maximum atomic E-state index is 12.3. The lowest BCUT2D eigenvalue weighted by Crippen LogP contribution is -2.18. The molecule has 0 saturated carbocycles. The number of esters is 1. The summed E-state index contributed by atoms with van der Waals surface area (Å²) in [5, 5.41) is 10.1. The number of methoxy groups -OCH3 is 1. The van der Waals surface area contributed by atoms with E-state index in [1.807, 2.05) is 32.0 Å². The van der Waals surface area contributed by atoms with E-state index in [-0.39, 0.29) is 12.4 Å². The van der Waals surface area contributed by atoms with Crippen molar-refractivity contribution in [2.45, 2.75) is 13.8 Å². The molecule has 0 N–H and O–H groups in total. The Morgan fingerprint density at radius 3 is 2.38 bits per heavy atom. The molecule has 3 aromatic carbocycles. The van der Waals surface area contributed by atoms with Gasteiger partial charge in [-0.2, -0.15) is 5.26 Å². The first-order valence-electron chi connectivity index (χ1n) is 9.86. The van der Waals surface area contributed by atoms with Gasteiger partial charge in [-0.15, -0.1) is 0 Å². The van der Waals surface area contributed by atoms with Crippen molar-refractivity contribution in [2.24, 2.45) is 0 Å². The van der Waals surface area contributed by atoms with E-state index < -0.39 is 5.97 Å². The summed E-state index contributed by atoms with van der Waals surface area (Å²) in [6, 6.07) is 20.0. The molecule has 0 heterocycles. The lowest BCUT2D eigenvalue weighted by Gasteiger charge is -2.12. The van der Waals surface area contributed by atoms with Crippen LogP contribution in [0.3, 0.4) is 0 Å². The molecule has 3 rings (SSSR count). The summed E-state index contributed by atoms with van der Waals surface area (Å²) in [7, 11) is 1.48. The minimum absolute atomic E-state index is 0.232. The predicted octanol–water partition coefficient (Wildman–Crippen LogP) is 6.01. The van der Waals surface area contributed by atoms with Crippen LogP contribution in [0.25, 0.3) is 11.6 Å². The molecule has 162 valence electrons. The van der Waals surface area contributed by atoms with E-state index >= 15 is 0 Å². The van der Waals surface area contributed by atoms with Gasteiger partial charge in [0.15, 0.2) is 18.1 Å². The number of carbonyl (C=O) groups excluding carboxylic acids is 1. The zero-order valence-electron chi connectivity index (χ0n) is 18.0. The number of benzene rings is 3. The molecule has 6 heteroatoms. The molecule has 5 nitrogen and oxygen atoms in total. The van der Waals surface area contributed by atoms with Gasteiger partial charge >= 0.3 is 5.97 Å². The summed E-state index contributed by atoms with van der Waals surface area (Å²) in [6.45, 7) is 3.68. The molecular formula is C26H22ClNO4. The zero-order valence-corrected chi connectivity index (χ0v) is 18.8. The van der Waals surface area contributed by atoms with Gasteiger partial charge in [-0.1, -0.05) is 47.5 Å². The first-order valence-corrected chi connectivity index (χ1v) is 10.2. The molecule has 0 aromatic heterocycles. The fourth-order valence-corrected chi connectivity index (χ4v) is 3.21. The summed E-state index contributed by atoms with van der Waals surface area (Å²) in [6.07, 6.45) is 1.72. The molecule has 0 spiro atoms. The molecule has 0 aliphatic heterocycles. The quantitative estimate of drug-likeness (QED) is 0.192. The van der Waals surface area contributed by atoms with Crippen molar-refractivity contribution in [2.75, 3.05) is 13.7 Å². The average molecular weight is 448 g/mol. The zero-order chi connectivity index (χ0) is 23.1. The summed E-state index contributed by atoms with van der Waals surface area (Å²) < 4.78 is 16.4. The highest BCUT2D eigenvalue weighted by atomic mass is 35.5. The molecule has 0 atom stereocenters. The minimum Gasteiger partial charge on any atom is -0.493 e. The van der Waals surface area contributed by atoms with Crippen LogP contribution < -0.4 is 14.2 Å². The number of aryl methyl sites for hydroxylation is 2. The van der Waals surface area contributed by atoms with Gasteiger partial charge in [0.1, 0.15) is 5.75 Å². The van der Waals surface area contributed by atoms with E-state index in [0.29, 0.717) is 22.1 Å². The number of nitrogens with zero attached hydrogens (tertiary/aromatic N) is 1. The van der Waals surface area contributed by atoms with E-state index in [0.717, 1.165) is 22.3 Å². The van der Waals surface area contributed by atoms with E-state index in [4.69, 9.17) is 25.8 Å². The van der Waals surface area contributed by atoms with Gasteiger partial charge in [0.05, 0.1) is 18.8 Å². The average Bonchev–Trinajstić information content (AvgIpc) is 2.78. The standard InChI is InChI=1S/C26H22ClNO4/c1-17-4-10-23(18(2)12-17)31-16-26(29)32-24-11-5-19(14-25(24)30-3)13-21(15-28)20-6-8-22(27)9-7-20/h4-14H,16H2,1-3H3/b21-13+. The van der Waals surface area contributed by atoms with E-state index in [1.165, 1.54) is 7.11 Å². The topological polar surface area (TPSA) is 68.5 Å². The molecule has 0 bridgehead atoms. The molecule has 0 amide bonds. The predicted molar refractivity (Wildman–Crippen MR) is 125 cm³/mol. The van der Waals surface area contributed by atoms with Crippen molar-refractivity contribution in [3.63, 3.8) is 0 Å². The first kappa shape index (κ1) is 22.9. The number of hydrogen-bond donors (Lipinski definition) is 0. The van der Waals surface area contributed by atoms with Crippen LogP contribution in [0.1, 0.15) is 22.3 Å². The van der Waals surface area contributed by atoms with Gasteiger partial charge < -0.3 is 14.2 Å². The molecule has 0 unspecified atom stereocenters. The van der Waals surface area contributed by atoms with Crippen LogP contribution in [0.15, 0.2) is 60.7 Å². The molecule has 0 radical (unpaired) electrons. The number of hydrogen-bond acceptors (Lipinski definition) is 5. The van der Waals surface area contributed by atoms with Crippen LogP contribution in [0.2, 0.25) is 5.02 Å². The molecule has 32 heavy (non-hydrogen) atoms. The highest BCUT2D eigenvalue weighted by Crippen LogP contribution is 2.30. The Kier molecular flexibility index (Phi) is 7.54. The van der Waals surface area contributed by atoms with Crippen molar-refractivity contribution in [3.8, 4) is 23.3 Å². The Hall–Kier alpha value is -3.75. The molecule has 0 aliphatic rings. The van der Waals surface area contributed by atoms with Crippen molar-refractivity contribution in [1.82, 2.24) is 0 Å². The number of halogens is 1. The van der Waals surface area contributed by atoms with Crippen LogP contribution in [-0.2, 0) is 4.79 Å². The molecular weight excluding hydrogens is 426 g/mol. The first-order chi connectivity index (χ1) is 15.4. The number of nitriles is 1. The van der Waals surface area contributed by atoms with Crippen LogP contribution in [0.5, 0.6) is 17.2 Å². The second-order valence-corrected chi connectivity index (χ2v) is 7.56. The largest absolute Gasteiger partial charge is 0.493 e. The van der Waals surface area contributed by atoms with Gasteiger partial charge in [-0.05, 0) is 66.9 Å². The minimum atomic E-state index is -0.551. The highest BCUT2D eigenvalue weighted by molar-refractivity contribution is 6.30. The molecule has 0 aliphatic carbocycles. The van der Waals surface area contributed by atoms with Crippen LogP contribution in [0.4, 0.5) is 0 Å². The summed E-state index contributed by atoms with van der Waals surface area (Å²) in [5.41, 5.74) is 4.00. The van der Waals surface area contributed by atoms with Crippen molar-refractivity contribution < 1.29 is 19.0 Å². The number of allylic oxidation sites excluding steroid dienone is 1. The smallest absolute Gasteiger partial charge is 0.349 e. The van der Waals surface area contributed by atoms with Gasteiger partial charge in [0, 0.05) is 5.02 Å². The second-order valence-electron chi connectivity index (χ2n) is 7.12. The Morgan fingerprint density at radius 1 is 1.00 bits per heavy atom. The third-order valence-electron chi connectivity index (χ3n) is 4.67. The number of ether oxygens (including phenoxy) is 3. The normalized spacial score (nSPS) is 10.9. The molecule has 0 fully saturated rings. The Balaban J connectivity index is 1.72. The van der Waals surface area contributed by atoms with E-state index in [2.05, 4.69) is 6.07 Å². The monoisotopic (exact) mass is 447 g/mol. The lowest BCUT2D eigenvalue weighted by atomic mass is 10.0. The van der Waals surface area contributed by atoms with Crippen molar-refractivity contribution in [3.05, 3.63) is 87.9 Å². The fourth-order valence-electron chi connectivity index (χ4n) is 3.08. The van der Waals surface area contributed by atoms with E-state index in [1.54, 1.807) is 48.5 Å². The van der Waals surface area contributed by atoms with Crippen molar-refractivity contribution in [1.29, 1.82) is 5.26 Å². The Bertz CT molecular complexity index is 1190. The van der Waals surface area contributed by atoms with Gasteiger partial charge in [0.2, 0.25) is 0 Å². The van der Waals surface area contributed by atoms with Gasteiger partial charge in [-0.25, -0.2) is 4.79 Å². The van der Waals surface area contributed by atoms with Crippen molar-refractivity contribution >= 4 is 29.2 Å². The fraction of sp³-hybridized carbons (Fsp3) is 0.154. The third-order valence-corrected chi connectivity index (χ3v) is 4.93. The third kappa shape index (κ3) is 5.90. The summed E-state index contributed by atoms with van der Waals surface area (Å²) in [4.78, 5) is 12.3. The molecule has 0 saturated heterocycles.